The lowest BCUT2D eigenvalue weighted by atomic mass is 9.86. The fraction of sp³-hybridized carbons (Fsp3) is 0.697. The van der Waals surface area contributed by atoms with E-state index in [1.807, 2.05) is 73.8 Å². The number of ketones is 1. The van der Waals surface area contributed by atoms with Crippen LogP contribution < -0.4 is 5.73 Å². The zero-order valence-electron chi connectivity index (χ0n) is 49.6. The van der Waals surface area contributed by atoms with Crippen LogP contribution in [-0.4, -0.2) is 142 Å². The number of ether oxygens (including phenoxy) is 2. The van der Waals surface area contributed by atoms with Gasteiger partial charge in [-0.05, 0) is 165 Å². The zero-order chi connectivity index (χ0) is 60.0. The Hall–Kier alpha value is -3.68. The van der Waals surface area contributed by atoms with Crippen molar-refractivity contribution in [3.8, 4) is 0 Å². The number of aliphatic hydroxyl groups is 10. The number of carbonyl (C=O) groups excluding carboxylic acids is 2. The largest absolute Gasteiger partial charge is 0.458 e. The molecule has 12 N–H and O–H groups in total. The van der Waals surface area contributed by atoms with Crippen molar-refractivity contribution in [3.05, 3.63) is 110 Å². The molecular weight excluding hydrogens is 1030 g/mol. The average molecular weight is 1140 g/mol. The molecule has 1 saturated heterocycles. The van der Waals surface area contributed by atoms with Crippen molar-refractivity contribution in [2.75, 3.05) is 6.54 Å². The second kappa shape index (κ2) is 43.0. The van der Waals surface area contributed by atoms with E-state index in [9.17, 15) is 60.7 Å². The molecule has 2 rings (SSSR count). The molecule has 81 heavy (non-hydrogen) atoms. The van der Waals surface area contributed by atoms with Crippen LogP contribution in [0.4, 0.5) is 0 Å². The van der Waals surface area contributed by atoms with E-state index >= 15 is 0 Å². The predicted molar refractivity (Wildman–Crippen MR) is 322 cm³/mol. The van der Waals surface area contributed by atoms with Crippen LogP contribution in [0.5, 0.6) is 0 Å². The van der Waals surface area contributed by atoms with E-state index in [2.05, 4.69) is 13.5 Å². The van der Waals surface area contributed by atoms with E-state index in [0.717, 1.165) is 25.7 Å². The van der Waals surface area contributed by atoms with Gasteiger partial charge in [0, 0.05) is 37.0 Å². The predicted octanol–water partition coefficient (Wildman–Crippen LogP) is 8.93. The summed E-state index contributed by atoms with van der Waals surface area (Å²) in [5.74, 6) is -3.88. The molecule has 0 saturated carbocycles. The van der Waals surface area contributed by atoms with Gasteiger partial charge >= 0.3 is 5.97 Å². The summed E-state index contributed by atoms with van der Waals surface area (Å²) >= 11 is 0. The van der Waals surface area contributed by atoms with Crippen molar-refractivity contribution in [2.24, 2.45) is 35.3 Å². The molecule has 462 valence electrons. The van der Waals surface area contributed by atoms with Gasteiger partial charge in [0.15, 0.2) is 11.6 Å². The van der Waals surface area contributed by atoms with Gasteiger partial charge < -0.3 is 66.3 Å². The minimum Gasteiger partial charge on any atom is -0.458 e. The number of aliphatic hydroxyl groups excluding tert-OH is 9. The Kier molecular flexibility index (Phi) is 39.0. The van der Waals surface area contributed by atoms with E-state index in [0.29, 0.717) is 89.5 Å². The van der Waals surface area contributed by atoms with Crippen molar-refractivity contribution in [1.82, 2.24) is 0 Å². The van der Waals surface area contributed by atoms with E-state index in [4.69, 9.17) is 15.2 Å². The number of nitrogens with two attached hydrogens (primary N) is 1. The SMILES string of the molecule is C=CCCC(C)CCC(O)C1C/C=C\C(=O)C(C)C(O)C(C)\C=C/C=C\C=C/C=C\C=C/CCCC(=O)OC(/C=C/CC(O)CCCC(O)CCCN)CC(O)CC(O)CC(O)CCCC2CC(O)CC(O)(O2)C(C)/C=C\C(O)CC1. The Bertz CT molecular complexity index is 1950. The summed E-state index contributed by atoms with van der Waals surface area (Å²) in [6.07, 6.45) is 31.7. The van der Waals surface area contributed by atoms with Crippen LogP contribution in [0.25, 0.3) is 0 Å². The van der Waals surface area contributed by atoms with Crippen molar-refractivity contribution in [3.63, 3.8) is 0 Å². The minimum absolute atomic E-state index is 0.0118. The second-order valence-corrected chi connectivity index (χ2v) is 23.4. The molecule has 17 atom stereocenters. The Balaban J connectivity index is 2.25. The summed E-state index contributed by atoms with van der Waals surface area (Å²) < 4.78 is 12.0. The zero-order valence-corrected chi connectivity index (χ0v) is 49.6. The quantitative estimate of drug-likeness (QED) is 0.0479. The molecule has 17 unspecified atom stereocenters. The standard InChI is InChI=1S/C66H109NO14/c1-6-7-24-48(2)36-41-63(76)52-26-19-34-62(75)51(5)65(78)49(3)25-17-15-13-11-9-8-10-12-14-16-18-35-64(77)80-60(32-21-29-53(68)27-20-28-54(69)31-23-42-67)45-58(73)44-57(72)43-56(71)30-22-33-61-46-59(74)47-66(79,81-61)50(4)37-39-55(70)40-38-52/h6,8-15,17,19,21,25,32,34,37,39,48-61,63,65,68-74,76,78-79H,1,7,16,18,20,22-24,26-31,33,35-36,38,40-47,67H2,2-5H3/b10-8-,11-9-,14-12-,15-13-,25-17-,32-21+,34-19-,39-37-. The van der Waals surface area contributed by atoms with Gasteiger partial charge in [-0.1, -0.05) is 119 Å². The first-order valence-corrected chi connectivity index (χ1v) is 30.6. The molecule has 0 spiro atoms. The molecule has 2 aliphatic rings. The van der Waals surface area contributed by atoms with Crippen molar-refractivity contribution in [2.45, 2.75) is 255 Å². The highest BCUT2D eigenvalue weighted by Crippen LogP contribution is 2.36. The molecule has 1 fully saturated rings. The molecule has 15 heteroatoms. The van der Waals surface area contributed by atoms with E-state index in [1.165, 1.54) is 6.08 Å². The third kappa shape index (κ3) is 34.0. The molecule has 0 radical (unpaired) electrons. The van der Waals surface area contributed by atoms with Gasteiger partial charge in [0.05, 0.1) is 61.0 Å². The van der Waals surface area contributed by atoms with Crippen LogP contribution in [0.15, 0.2) is 110 Å². The Morgan fingerprint density at radius 3 is 2.10 bits per heavy atom. The van der Waals surface area contributed by atoms with Crippen molar-refractivity contribution >= 4 is 11.8 Å². The molecular formula is C66H109NO14. The molecule has 2 aliphatic heterocycles. The summed E-state index contributed by atoms with van der Waals surface area (Å²) in [5.41, 5.74) is 5.54. The summed E-state index contributed by atoms with van der Waals surface area (Å²) in [6.45, 7) is 11.8. The summed E-state index contributed by atoms with van der Waals surface area (Å²) in [6, 6.07) is 0. The van der Waals surface area contributed by atoms with Gasteiger partial charge in [0.1, 0.15) is 6.10 Å². The van der Waals surface area contributed by atoms with Crippen LogP contribution in [0.1, 0.15) is 182 Å². The van der Waals surface area contributed by atoms with Crippen molar-refractivity contribution in [1.29, 1.82) is 0 Å². The smallest absolute Gasteiger partial charge is 0.306 e. The van der Waals surface area contributed by atoms with E-state index in [-0.39, 0.29) is 69.0 Å². The lowest BCUT2D eigenvalue weighted by molar-refractivity contribution is -0.289. The molecule has 2 bridgehead atoms. The molecule has 0 aromatic carbocycles. The number of allylic oxidation sites excluding steroid dienone is 12. The van der Waals surface area contributed by atoms with Gasteiger partial charge in [0.2, 0.25) is 0 Å². The molecule has 0 amide bonds. The maximum atomic E-state index is 13.3. The normalized spacial score (nSPS) is 34.9. The molecule has 0 aromatic heterocycles. The Labute approximate surface area is 486 Å². The maximum absolute atomic E-state index is 13.3. The van der Waals surface area contributed by atoms with Crippen LogP contribution in [-0.2, 0) is 19.1 Å². The molecule has 0 aliphatic carbocycles. The van der Waals surface area contributed by atoms with Gasteiger partial charge in [0.25, 0.3) is 0 Å². The van der Waals surface area contributed by atoms with Crippen LogP contribution in [0, 0.1) is 29.6 Å². The van der Waals surface area contributed by atoms with Crippen LogP contribution >= 0.6 is 0 Å². The summed E-state index contributed by atoms with van der Waals surface area (Å²) in [4.78, 5) is 26.3. The highest BCUT2D eigenvalue weighted by Gasteiger charge is 2.43. The highest BCUT2D eigenvalue weighted by molar-refractivity contribution is 5.91. The topological polar surface area (TPSA) is 281 Å². The number of esters is 1. The van der Waals surface area contributed by atoms with E-state index in [1.54, 1.807) is 44.2 Å². The number of hydrogen-bond acceptors (Lipinski definition) is 15. The molecule has 15 nitrogen and oxygen atoms in total. The first-order valence-electron chi connectivity index (χ1n) is 30.6. The molecule has 0 aromatic rings. The van der Waals surface area contributed by atoms with Gasteiger partial charge in [-0.15, -0.1) is 6.58 Å². The first kappa shape index (κ1) is 73.4. The number of carbonyl (C=O) groups is 2. The number of fused-ring (bicyclic) bond motifs is 2. The summed E-state index contributed by atoms with van der Waals surface area (Å²) in [7, 11) is 0. The third-order valence-corrected chi connectivity index (χ3v) is 15.8. The monoisotopic (exact) mass is 1140 g/mol. The summed E-state index contributed by atoms with van der Waals surface area (Å²) in [5, 5.41) is 110. The Morgan fingerprint density at radius 1 is 0.716 bits per heavy atom. The third-order valence-electron chi connectivity index (χ3n) is 15.8. The highest BCUT2D eigenvalue weighted by atomic mass is 16.6. The average Bonchev–Trinajstić information content (AvgIpc) is 3.48. The van der Waals surface area contributed by atoms with Gasteiger partial charge in [-0.3, -0.25) is 9.59 Å². The minimum atomic E-state index is -1.73. The first-order chi connectivity index (χ1) is 38.7. The van der Waals surface area contributed by atoms with Crippen LogP contribution in [0.3, 0.4) is 0 Å². The van der Waals surface area contributed by atoms with Gasteiger partial charge in [-0.2, -0.15) is 0 Å². The Morgan fingerprint density at radius 2 is 1.38 bits per heavy atom. The number of cyclic esters (lactones) is 1. The van der Waals surface area contributed by atoms with E-state index < -0.39 is 90.7 Å². The van der Waals surface area contributed by atoms with Gasteiger partial charge in [-0.25, -0.2) is 0 Å². The fourth-order valence-electron chi connectivity index (χ4n) is 10.4. The van der Waals surface area contributed by atoms with Crippen molar-refractivity contribution < 1.29 is 70.1 Å². The lowest BCUT2D eigenvalue weighted by Gasteiger charge is -2.42. The van der Waals surface area contributed by atoms with Crippen LogP contribution in [0.2, 0.25) is 0 Å². The lowest BCUT2D eigenvalue weighted by Crippen LogP contribution is -2.50. The number of rotatable bonds is 17. The number of hydrogen-bond donors (Lipinski definition) is 11. The fourth-order valence-corrected chi connectivity index (χ4v) is 10.4. The maximum Gasteiger partial charge on any atom is 0.306 e. The second-order valence-electron chi connectivity index (χ2n) is 23.4. The molecule has 2 heterocycles.